The maximum atomic E-state index is 13.0. The highest BCUT2D eigenvalue weighted by Gasteiger charge is 2.13. The van der Waals surface area contributed by atoms with Crippen LogP contribution >= 0.6 is 15.9 Å². The Hall–Kier alpha value is -2.58. The van der Waals surface area contributed by atoms with Crippen LogP contribution in [-0.4, -0.2) is 25.6 Å². The normalized spacial score (nSPS) is 10.9. The van der Waals surface area contributed by atoms with Crippen molar-refractivity contribution < 1.29 is 14.3 Å². The molecule has 0 saturated carbocycles. The Bertz CT molecular complexity index is 957. The van der Waals surface area contributed by atoms with Gasteiger partial charge in [-0.3, -0.25) is 0 Å². The van der Waals surface area contributed by atoms with Gasteiger partial charge in [-0.05, 0) is 52.2 Å². The summed E-state index contributed by atoms with van der Waals surface area (Å²) in [7, 11) is 0. The van der Waals surface area contributed by atoms with E-state index in [1.54, 1.807) is 31.3 Å². The lowest BCUT2D eigenvalue weighted by Crippen LogP contribution is -2.18. The summed E-state index contributed by atoms with van der Waals surface area (Å²) in [5.41, 5.74) is 2.43. The number of aromatic nitrogens is 3. The molecule has 0 bridgehead atoms. The second-order valence-corrected chi connectivity index (χ2v) is 6.83. The topological polar surface area (TPSA) is 80.0 Å². The summed E-state index contributed by atoms with van der Waals surface area (Å²) in [5.74, 6) is -0.417. The average molecular weight is 433 g/mol. The number of hydrogen-bond donors (Lipinski definition) is 2. The van der Waals surface area contributed by atoms with Crippen LogP contribution in [0.5, 0.6) is 0 Å². The van der Waals surface area contributed by atoms with E-state index in [1.165, 1.54) is 12.1 Å². The van der Waals surface area contributed by atoms with E-state index in [0.29, 0.717) is 35.5 Å². The second-order valence-electron chi connectivity index (χ2n) is 6.08. The van der Waals surface area contributed by atoms with Crippen LogP contribution in [0.3, 0.4) is 0 Å². The maximum absolute atomic E-state index is 13.0. The average Bonchev–Trinajstić information content (AvgIpc) is 3.06. The van der Waals surface area contributed by atoms with E-state index >= 15 is 0 Å². The van der Waals surface area contributed by atoms with Crippen LogP contribution in [0.2, 0.25) is 0 Å². The molecule has 2 heterocycles. The van der Waals surface area contributed by atoms with E-state index in [2.05, 4.69) is 31.2 Å². The highest BCUT2D eigenvalue weighted by molar-refractivity contribution is 9.10. The molecule has 0 saturated heterocycles. The molecule has 0 aliphatic heterocycles. The number of benzene rings is 1. The third-order valence-corrected chi connectivity index (χ3v) is 4.93. The third-order valence-electron chi connectivity index (χ3n) is 4.15. The fourth-order valence-corrected chi connectivity index (χ4v) is 3.12. The molecule has 0 radical (unpaired) electrons. The lowest BCUT2D eigenvalue weighted by Gasteiger charge is -2.10. The van der Waals surface area contributed by atoms with Crippen LogP contribution in [0, 0.1) is 12.7 Å². The van der Waals surface area contributed by atoms with E-state index in [-0.39, 0.29) is 11.4 Å². The Morgan fingerprint density at radius 1 is 1.30 bits per heavy atom. The van der Waals surface area contributed by atoms with Crippen molar-refractivity contribution in [3.8, 4) is 0 Å². The van der Waals surface area contributed by atoms with Gasteiger partial charge in [-0.15, -0.1) is 0 Å². The van der Waals surface area contributed by atoms with Crippen molar-refractivity contribution in [2.24, 2.45) is 0 Å². The molecule has 0 aliphatic rings. The Balaban J connectivity index is 1.64. The number of rotatable bonds is 7. The Morgan fingerprint density at radius 3 is 2.74 bits per heavy atom. The minimum atomic E-state index is -0.980. The predicted molar refractivity (Wildman–Crippen MR) is 102 cm³/mol. The molecule has 1 aromatic carbocycles. The number of carboxylic acid groups (broad SMARTS) is 1. The van der Waals surface area contributed by atoms with Gasteiger partial charge in [-0.1, -0.05) is 12.1 Å². The first kappa shape index (κ1) is 19.2. The summed E-state index contributed by atoms with van der Waals surface area (Å²) in [6.45, 7) is 3.20. The van der Waals surface area contributed by atoms with Crippen LogP contribution in [0.4, 0.5) is 4.39 Å². The molecule has 0 spiro atoms. The summed E-state index contributed by atoms with van der Waals surface area (Å²) in [5, 5.41) is 12.5. The molecule has 0 fully saturated rings. The number of pyridine rings is 1. The summed E-state index contributed by atoms with van der Waals surface area (Å²) in [6.07, 6.45) is 3.58. The number of carbonyl (C=O) groups is 1. The SMILES string of the molecule is Cc1c(C(=O)O)cc(CNCc2nccn2Cc2ccc(F)cc2)nc1Br. The van der Waals surface area contributed by atoms with Crippen LogP contribution in [-0.2, 0) is 19.6 Å². The number of carboxylic acids is 1. The number of aromatic carboxylic acids is 1. The van der Waals surface area contributed by atoms with Crippen molar-refractivity contribution in [3.63, 3.8) is 0 Å². The lowest BCUT2D eigenvalue weighted by molar-refractivity contribution is 0.0695. The molecule has 0 aliphatic carbocycles. The van der Waals surface area contributed by atoms with E-state index in [9.17, 15) is 14.3 Å². The molecule has 2 aromatic heterocycles. The van der Waals surface area contributed by atoms with Crippen LogP contribution in [0.15, 0.2) is 47.3 Å². The Kier molecular flexibility index (Phi) is 5.98. The lowest BCUT2D eigenvalue weighted by atomic mass is 10.1. The first-order valence-electron chi connectivity index (χ1n) is 8.28. The molecule has 8 heteroatoms. The molecule has 6 nitrogen and oxygen atoms in total. The first-order chi connectivity index (χ1) is 12.9. The standard InChI is InChI=1S/C19H18BrFN4O2/c1-12-16(19(26)27)8-15(24-18(12)20)9-22-10-17-23-6-7-25(17)11-13-2-4-14(21)5-3-13/h2-8,22H,9-11H2,1H3,(H,26,27). The minimum Gasteiger partial charge on any atom is -0.478 e. The number of halogens is 2. The fraction of sp³-hybridized carbons (Fsp3) is 0.211. The number of hydrogen-bond acceptors (Lipinski definition) is 4. The van der Waals surface area contributed by atoms with Crippen LogP contribution in [0.25, 0.3) is 0 Å². The molecule has 3 rings (SSSR count). The van der Waals surface area contributed by atoms with Crippen molar-refractivity contribution in [2.45, 2.75) is 26.6 Å². The van der Waals surface area contributed by atoms with Crippen molar-refractivity contribution in [1.29, 1.82) is 0 Å². The summed E-state index contributed by atoms with van der Waals surface area (Å²) in [4.78, 5) is 20.0. The summed E-state index contributed by atoms with van der Waals surface area (Å²) < 4.78 is 15.5. The number of imidazole rings is 1. The third kappa shape index (κ3) is 4.78. The molecule has 140 valence electrons. The van der Waals surface area contributed by atoms with E-state index in [1.807, 2.05) is 10.8 Å². The van der Waals surface area contributed by atoms with Crippen molar-refractivity contribution >= 4 is 21.9 Å². The van der Waals surface area contributed by atoms with Crippen molar-refractivity contribution in [2.75, 3.05) is 0 Å². The van der Waals surface area contributed by atoms with Gasteiger partial charge in [0.15, 0.2) is 0 Å². The smallest absolute Gasteiger partial charge is 0.336 e. The van der Waals surface area contributed by atoms with Gasteiger partial charge in [0.05, 0.1) is 17.8 Å². The van der Waals surface area contributed by atoms with Gasteiger partial charge in [0, 0.05) is 25.5 Å². The Labute approximate surface area is 164 Å². The van der Waals surface area contributed by atoms with Gasteiger partial charge in [-0.2, -0.15) is 0 Å². The summed E-state index contributed by atoms with van der Waals surface area (Å²) >= 11 is 3.30. The molecular weight excluding hydrogens is 415 g/mol. The largest absolute Gasteiger partial charge is 0.478 e. The zero-order valence-electron chi connectivity index (χ0n) is 14.6. The van der Waals surface area contributed by atoms with Gasteiger partial charge < -0.3 is 15.0 Å². The van der Waals surface area contributed by atoms with Gasteiger partial charge in [0.1, 0.15) is 16.2 Å². The molecule has 3 aromatic rings. The predicted octanol–water partition coefficient (Wildman–Crippen LogP) is 3.52. The summed E-state index contributed by atoms with van der Waals surface area (Å²) in [6, 6.07) is 7.93. The minimum absolute atomic E-state index is 0.228. The van der Waals surface area contributed by atoms with Gasteiger partial charge in [0.2, 0.25) is 0 Å². The van der Waals surface area contributed by atoms with Crippen LogP contribution in [0.1, 0.15) is 33.0 Å². The highest BCUT2D eigenvalue weighted by atomic mass is 79.9. The fourth-order valence-electron chi connectivity index (χ4n) is 2.68. The van der Waals surface area contributed by atoms with Gasteiger partial charge in [-0.25, -0.2) is 19.2 Å². The van der Waals surface area contributed by atoms with E-state index in [4.69, 9.17) is 0 Å². The zero-order valence-corrected chi connectivity index (χ0v) is 16.2. The number of nitrogens with zero attached hydrogens (tertiary/aromatic N) is 3. The van der Waals surface area contributed by atoms with Crippen LogP contribution < -0.4 is 5.32 Å². The van der Waals surface area contributed by atoms with E-state index < -0.39 is 5.97 Å². The monoisotopic (exact) mass is 432 g/mol. The zero-order chi connectivity index (χ0) is 19.4. The molecule has 2 N–H and O–H groups in total. The first-order valence-corrected chi connectivity index (χ1v) is 9.08. The molecule has 0 atom stereocenters. The molecule has 0 amide bonds. The van der Waals surface area contributed by atoms with E-state index in [0.717, 1.165) is 11.4 Å². The Morgan fingerprint density at radius 2 is 2.04 bits per heavy atom. The van der Waals surface area contributed by atoms with Crippen molar-refractivity contribution in [1.82, 2.24) is 19.9 Å². The highest BCUT2D eigenvalue weighted by Crippen LogP contribution is 2.19. The second kappa shape index (κ2) is 8.41. The van der Waals surface area contributed by atoms with Crippen molar-refractivity contribution in [3.05, 3.63) is 81.4 Å². The van der Waals surface area contributed by atoms with Gasteiger partial charge >= 0.3 is 5.97 Å². The number of nitrogens with one attached hydrogen (secondary N) is 1. The van der Waals surface area contributed by atoms with Gasteiger partial charge in [0.25, 0.3) is 0 Å². The molecule has 27 heavy (non-hydrogen) atoms. The molecular formula is C19H18BrFN4O2. The maximum Gasteiger partial charge on any atom is 0.336 e. The molecule has 0 unspecified atom stereocenters. The quantitative estimate of drug-likeness (QED) is 0.558.